The molecule has 4 rings (SSSR count). The summed E-state index contributed by atoms with van der Waals surface area (Å²) >= 11 is 0. The first-order chi connectivity index (χ1) is 14.0. The number of aryl methyl sites for hydroxylation is 1. The summed E-state index contributed by atoms with van der Waals surface area (Å²) in [6.45, 7) is 2.03. The fourth-order valence-corrected chi connectivity index (χ4v) is 4.58. The summed E-state index contributed by atoms with van der Waals surface area (Å²) in [5.41, 5.74) is 4.60. The van der Waals surface area contributed by atoms with Crippen molar-refractivity contribution in [2.75, 3.05) is 14.2 Å². The zero-order valence-electron chi connectivity index (χ0n) is 17.0. The molecule has 0 radical (unpaired) electrons. The van der Waals surface area contributed by atoms with Crippen molar-refractivity contribution in [1.82, 2.24) is 5.32 Å². The molecule has 29 heavy (non-hydrogen) atoms. The standard InChI is InChI=1S/C24H25NO4/c1-14-6-4-5-7-17(14)19-13-23(27)25-20-10-15(11-21(26)24(19)20)18-12-16(28-2)8-9-22(18)29-3/h4-9,12,15,19H,10-11,13H2,1-3H3,(H,25,27)/t15-,19+/m0/s1. The second kappa shape index (κ2) is 7.74. The number of Topliss-reactive ketones (excluding diaryl/α,β-unsaturated/α-hetero) is 1. The maximum Gasteiger partial charge on any atom is 0.225 e. The average Bonchev–Trinajstić information content (AvgIpc) is 2.72. The van der Waals surface area contributed by atoms with E-state index < -0.39 is 0 Å². The Bertz CT molecular complexity index is 1010. The van der Waals surface area contributed by atoms with Gasteiger partial charge in [-0.05, 0) is 42.7 Å². The summed E-state index contributed by atoms with van der Waals surface area (Å²) < 4.78 is 10.9. The minimum Gasteiger partial charge on any atom is -0.497 e. The third-order valence-corrected chi connectivity index (χ3v) is 5.98. The maximum absolute atomic E-state index is 13.3. The van der Waals surface area contributed by atoms with Crippen molar-refractivity contribution in [2.24, 2.45) is 0 Å². The van der Waals surface area contributed by atoms with Crippen molar-refractivity contribution in [2.45, 2.75) is 38.0 Å². The molecule has 0 saturated carbocycles. The van der Waals surface area contributed by atoms with Gasteiger partial charge in [0.15, 0.2) is 5.78 Å². The van der Waals surface area contributed by atoms with Crippen molar-refractivity contribution >= 4 is 11.7 Å². The molecule has 150 valence electrons. The van der Waals surface area contributed by atoms with Gasteiger partial charge in [-0.25, -0.2) is 0 Å². The van der Waals surface area contributed by atoms with Crippen molar-refractivity contribution in [3.05, 3.63) is 70.4 Å². The first kappa shape index (κ1) is 19.2. The average molecular weight is 391 g/mol. The highest BCUT2D eigenvalue weighted by atomic mass is 16.5. The molecule has 0 unspecified atom stereocenters. The van der Waals surface area contributed by atoms with Gasteiger partial charge < -0.3 is 14.8 Å². The van der Waals surface area contributed by atoms with E-state index in [1.54, 1.807) is 14.2 Å². The molecule has 5 heteroatoms. The van der Waals surface area contributed by atoms with Crippen LogP contribution in [0.1, 0.15) is 47.8 Å². The molecular formula is C24H25NO4. The number of hydrogen-bond donors (Lipinski definition) is 1. The van der Waals surface area contributed by atoms with E-state index in [-0.39, 0.29) is 23.5 Å². The molecule has 1 N–H and O–H groups in total. The van der Waals surface area contributed by atoms with Gasteiger partial charge in [0.1, 0.15) is 11.5 Å². The lowest BCUT2D eigenvalue weighted by molar-refractivity contribution is -0.122. The molecule has 5 nitrogen and oxygen atoms in total. The van der Waals surface area contributed by atoms with Crippen molar-refractivity contribution in [3.8, 4) is 11.5 Å². The van der Waals surface area contributed by atoms with Gasteiger partial charge >= 0.3 is 0 Å². The molecule has 2 atom stereocenters. The third kappa shape index (κ3) is 3.53. The number of methoxy groups -OCH3 is 2. The molecule has 0 aromatic heterocycles. The predicted octanol–water partition coefficient (Wildman–Crippen LogP) is 4.02. The van der Waals surface area contributed by atoms with E-state index in [4.69, 9.17) is 9.47 Å². The number of carbonyl (C=O) groups excluding carboxylic acids is 2. The summed E-state index contributed by atoms with van der Waals surface area (Å²) in [6.07, 6.45) is 1.29. The molecule has 2 aliphatic rings. The van der Waals surface area contributed by atoms with Crippen LogP contribution in [0.25, 0.3) is 0 Å². The largest absolute Gasteiger partial charge is 0.497 e. The minimum atomic E-state index is -0.180. The lowest BCUT2D eigenvalue weighted by atomic mass is 9.72. The Morgan fingerprint density at radius 1 is 0.931 bits per heavy atom. The number of amides is 1. The SMILES string of the molecule is COc1ccc(OC)c([C@@H]2CC(=O)C3=C(C2)NC(=O)C[C@@H]3c2ccccc2C)c1. The van der Waals surface area contributed by atoms with Crippen LogP contribution in [-0.4, -0.2) is 25.9 Å². The molecule has 1 aliphatic carbocycles. The van der Waals surface area contributed by atoms with Crippen LogP contribution in [0, 0.1) is 6.92 Å². The molecule has 0 spiro atoms. The van der Waals surface area contributed by atoms with Crippen LogP contribution in [0.2, 0.25) is 0 Å². The Morgan fingerprint density at radius 2 is 1.72 bits per heavy atom. The van der Waals surface area contributed by atoms with Crippen molar-refractivity contribution in [1.29, 1.82) is 0 Å². The van der Waals surface area contributed by atoms with E-state index in [2.05, 4.69) is 5.32 Å². The Balaban J connectivity index is 1.75. The number of ketones is 1. The number of hydrogen-bond acceptors (Lipinski definition) is 4. The van der Waals surface area contributed by atoms with Gasteiger partial charge in [0.05, 0.1) is 14.2 Å². The molecule has 1 amide bonds. The first-order valence-corrected chi connectivity index (χ1v) is 9.85. The van der Waals surface area contributed by atoms with E-state index in [0.29, 0.717) is 19.3 Å². The van der Waals surface area contributed by atoms with Gasteiger partial charge in [-0.1, -0.05) is 24.3 Å². The van der Waals surface area contributed by atoms with Gasteiger partial charge in [0.25, 0.3) is 0 Å². The number of allylic oxidation sites excluding steroid dienone is 2. The maximum atomic E-state index is 13.3. The van der Waals surface area contributed by atoms with E-state index >= 15 is 0 Å². The van der Waals surface area contributed by atoms with E-state index in [9.17, 15) is 9.59 Å². The number of benzene rings is 2. The monoisotopic (exact) mass is 391 g/mol. The number of ether oxygens (including phenoxy) is 2. The van der Waals surface area contributed by atoms with E-state index in [0.717, 1.165) is 39.5 Å². The molecule has 1 aliphatic heterocycles. The Morgan fingerprint density at radius 3 is 2.45 bits per heavy atom. The molecule has 0 saturated heterocycles. The minimum absolute atomic E-state index is 0.0388. The van der Waals surface area contributed by atoms with Crippen LogP contribution in [0.15, 0.2) is 53.7 Å². The highest BCUT2D eigenvalue weighted by molar-refractivity contribution is 6.02. The second-order valence-electron chi connectivity index (χ2n) is 7.69. The first-order valence-electron chi connectivity index (χ1n) is 9.85. The van der Waals surface area contributed by atoms with Crippen LogP contribution in [0.3, 0.4) is 0 Å². The Hall–Kier alpha value is -3.08. The van der Waals surface area contributed by atoms with Crippen LogP contribution in [-0.2, 0) is 9.59 Å². The summed E-state index contributed by atoms with van der Waals surface area (Å²) in [6, 6.07) is 13.6. The van der Waals surface area contributed by atoms with Crippen molar-refractivity contribution < 1.29 is 19.1 Å². The van der Waals surface area contributed by atoms with Gasteiger partial charge in [0.2, 0.25) is 5.91 Å². The van der Waals surface area contributed by atoms with Crippen LogP contribution < -0.4 is 14.8 Å². The quantitative estimate of drug-likeness (QED) is 0.855. The Kier molecular flexibility index (Phi) is 5.14. The lowest BCUT2D eigenvalue weighted by Crippen LogP contribution is -2.38. The normalized spacial score (nSPS) is 21.5. The molecule has 0 bridgehead atoms. The summed E-state index contributed by atoms with van der Waals surface area (Å²) in [4.78, 5) is 25.8. The number of nitrogens with one attached hydrogen (secondary N) is 1. The zero-order chi connectivity index (χ0) is 20.5. The summed E-state index contributed by atoms with van der Waals surface area (Å²) in [5, 5.41) is 2.98. The second-order valence-corrected chi connectivity index (χ2v) is 7.69. The lowest BCUT2D eigenvalue weighted by Gasteiger charge is -2.35. The zero-order valence-corrected chi connectivity index (χ0v) is 17.0. The molecule has 1 heterocycles. The fraction of sp³-hybridized carbons (Fsp3) is 0.333. The van der Waals surface area contributed by atoms with Gasteiger partial charge in [-0.15, -0.1) is 0 Å². The van der Waals surface area contributed by atoms with E-state index in [1.807, 2.05) is 49.4 Å². The third-order valence-electron chi connectivity index (χ3n) is 5.98. The summed E-state index contributed by atoms with van der Waals surface area (Å²) in [5.74, 6) is 1.25. The highest BCUT2D eigenvalue weighted by Gasteiger charge is 2.39. The van der Waals surface area contributed by atoms with Gasteiger partial charge in [-0.2, -0.15) is 0 Å². The van der Waals surface area contributed by atoms with Crippen molar-refractivity contribution in [3.63, 3.8) is 0 Å². The smallest absolute Gasteiger partial charge is 0.225 e. The van der Waals surface area contributed by atoms with Gasteiger partial charge in [0, 0.05) is 41.5 Å². The van der Waals surface area contributed by atoms with Crippen LogP contribution in [0.5, 0.6) is 11.5 Å². The highest BCUT2D eigenvalue weighted by Crippen LogP contribution is 2.45. The number of carbonyl (C=O) groups is 2. The van der Waals surface area contributed by atoms with Gasteiger partial charge in [-0.3, -0.25) is 9.59 Å². The predicted molar refractivity (Wildman–Crippen MR) is 110 cm³/mol. The molecular weight excluding hydrogens is 366 g/mol. The van der Waals surface area contributed by atoms with Crippen LogP contribution in [0.4, 0.5) is 0 Å². The topological polar surface area (TPSA) is 64.6 Å². The Labute approximate surface area is 170 Å². The van der Waals surface area contributed by atoms with Crippen LogP contribution >= 0.6 is 0 Å². The number of rotatable bonds is 4. The van der Waals surface area contributed by atoms with E-state index in [1.165, 1.54) is 0 Å². The molecule has 2 aromatic carbocycles. The fourth-order valence-electron chi connectivity index (χ4n) is 4.58. The molecule has 0 fully saturated rings. The molecule has 2 aromatic rings. The summed E-state index contributed by atoms with van der Waals surface area (Å²) in [7, 11) is 3.24.